The summed E-state index contributed by atoms with van der Waals surface area (Å²) in [6, 6.07) is 3.62. The Morgan fingerprint density at radius 1 is 1.25 bits per heavy atom. The molecule has 24 heavy (non-hydrogen) atoms. The van der Waals surface area contributed by atoms with Crippen LogP contribution in [0, 0.1) is 17.8 Å². The quantitative estimate of drug-likeness (QED) is 0.784. The van der Waals surface area contributed by atoms with Gasteiger partial charge in [-0.2, -0.15) is 0 Å². The maximum atomic E-state index is 12.0. The van der Waals surface area contributed by atoms with Crippen molar-refractivity contribution in [2.45, 2.75) is 32.9 Å². The summed E-state index contributed by atoms with van der Waals surface area (Å²) in [4.78, 5) is 30.0. The molecule has 130 valence electrons. The molecule has 1 aliphatic carbocycles. The van der Waals surface area contributed by atoms with Gasteiger partial charge >= 0.3 is 11.9 Å². The van der Waals surface area contributed by atoms with Crippen molar-refractivity contribution in [1.29, 1.82) is 0 Å². The van der Waals surface area contributed by atoms with E-state index in [1.165, 1.54) is 7.11 Å². The van der Waals surface area contributed by atoms with E-state index in [0.29, 0.717) is 17.5 Å². The van der Waals surface area contributed by atoms with Crippen molar-refractivity contribution in [2.24, 2.45) is 17.8 Å². The monoisotopic (exact) mass is 332 g/mol. The van der Waals surface area contributed by atoms with E-state index in [-0.39, 0.29) is 11.9 Å². The van der Waals surface area contributed by atoms with Gasteiger partial charge in [-0.05, 0) is 44.2 Å². The van der Waals surface area contributed by atoms with Gasteiger partial charge < -0.3 is 9.47 Å². The highest BCUT2D eigenvalue weighted by Crippen LogP contribution is 2.52. The first kappa shape index (κ1) is 16.9. The van der Waals surface area contributed by atoms with Crippen LogP contribution in [-0.4, -0.2) is 47.6 Å². The predicted molar refractivity (Wildman–Crippen MR) is 87.2 cm³/mol. The fraction of sp³-hybridized carbons (Fsp3) is 0.611. The van der Waals surface area contributed by atoms with Crippen molar-refractivity contribution < 1.29 is 19.1 Å². The number of pyridine rings is 1. The highest BCUT2D eigenvalue weighted by molar-refractivity contribution is 5.87. The van der Waals surface area contributed by atoms with Crippen LogP contribution in [0.15, 0.2) is 18.3 Å². The number of fused-ring (bicyclic) bond motifs is 1. The molecule has 1 saturated heterocycles. The molecule has 2 aliphatic rings. The molecule has 6 heteroatoms. The van der Waals surface area contributed by atoms with Crippen molar-refractivity contribution in [3.05, 3.63) is 29.6 Å². The standard InChI is InChI=1S/C18H24N2O4/c1-18(2,3)24-16(21)14-6-5-11(7-19-14)8-20-9-12-13(10-20)15(12)17(22)23-4/h5-7,12-13,15H,8-10H2,1-4H3/t12-,13+,15?. The van der Waals surface area contributed by atoms with Crippen LogP contribution in [0.2, 0.25) is 0 Å². The number of carbonyl (C=O) groups excluding carboxylic acids is 2. The van der Waals surface area contributed by atoms with Crippen molar-refractivity contribution in [3.63, 3.8) is 0 Å². The Hall–Kier alpha value is -1.95. The smallest absolute Gasteiger partial charge is 0.357 e. The SMILES string of the molecule is COC(=O)C1[C@H]2CN(Cc3ccc(C(=O)OC(C)(C)C)nc3)C[C@@H]12. The van der Waals surface area contributed by atoms with Crippen molar-refractivity contribution in [3.8, 4) is 0 Å². The molecular formula is C18H24N2O4. The topological polar surface area (TPSA) is 68.7 Å². The summed E-state index contributed by atoms with van der Waals surface area (Å²) in [6.45, 7) is 8.11. The minimum Gasteiger partial charge on any atom is -0.469 e. The lowest BCUT2D eigenvalue weighted by Gasteiger charge is -2.20. The van der Waals surface area contributed by atoms with Crippen molar-refractivity contribution in [2.75, 3.05) is 20.2 Å². The van der Waals surface area contributed by atoms with Gasteiger partial charge in [0.15, 0.2) is 0 Å². The Kier molecular flexibility index (Phi) is 4.34. The zero-order valence-electron chi connectivity index (χ0n) is 14.6. The van der Waals surface area contributed by atoms with Crippen LogP contribution in [0.25, 0.3) is 0 Å². The van der Waals surface area contributed by atoms with Gasteiger partial charge in [-0.1, -0.05) is 6.07 Å². The molecule has 1 aromatic rings. The van der Waals surface area contributed by atoms with E-state index in [2.05, 4.69) is 9.88 Å². The lowest BCUT2D eigenvalue weighted by atomic mass is 10.2. The molecule has 1 unspecified atom stereocenters. The second-order valence-electron chi connectivity index (χ2n) is 7.62. The van der Waals surface area contributed by atoms with E-state index in [9.17, 15) is 9.59 Å². The number of likely N-dealkylation sites (tertiary alicyclic amines) is 1. The lowest BCUT2D eigenvalue weighted by molar-refractivity contribution is -0.143. The number of rotatable bonds is 4. The molecule has 2 fully saturated rings. The first-order valence-corrected chi connectivity index (χ1v) is 8.27. The maximum Gasteiger partial charge on any atom is 0.357 e. The van der Waals surface area contributed by atoms with Gasteiger partial charge in [0.1, 0.15) is 11.3 Å². The second kappa shape index (κ2) is 6.16. The lowest BCUT2D eigenvalue weighted by Crippen LogP contribution is -2.26. The van der Waals surface area contributed by atoms with Crippen LogP contribution in [0.1, 0.15) is 36.8 Å². The molecule has 6 nitrogen and oxygen atoms in total. The van der Waals surface area contributed by atoms with Crippen LogP contribution < -0.4 is 0 Å². The van der Waals surface area contributed by atoms with Crippen LogP contribution >= 0.6 is 0 Å². The summed E-state index contributed by atoms with van der Waals surface area (Å²) in [7, 11) is 1.45. The first-order chi connectivity index (χ1) is 11.3. The number of hydrogen-bond donors (Lipinski definition) is 0. The van der Waals surface area contributed by atoms with Crippen molar-refractivity contribution in [1.82, 2.24) is 9.88 Å². The molecular weight excluding hydrogens is 308 g/mol. The molecule has 0 bridgehead atoms. The van der Waals surface area contributed by atoms with Gasteiger partial charge in [-0.3, -0.25) is 9.69 Å². The largest absolute Gasteiger partial charge is 0.469 e. The minimum absolute atomic E-state index is 0.0759. The summed E-state index contributed by atoms with van der Waals surface area (Å²) in [5, 5.41) is 0. The Morgan fingerprint density at radius 2 is 1.92 bits per heavy atom. The number of ether oxygens (including phenoxy) is 2. The summed E-state index contributed by atoms with van der Waals surface area (Å²) in [5.74, 6) is 0.488. The zero-order valence-corrected chi connectivity index (χ0v) is 14.6. The Morgan fingerprint density at radius 3 is 2.42 bits per heavy atom. The van der Waals surface area contributed by atoms with E-state index in [4.69, 9.17) is 9.47 Å². The fourth-order valence-corrected chi connectivity index (χ4v) is 3.46. The Labute approximate surface area is 142 Å². The third-order valence-electron chi connectivity index (χ3n) is 4.58. The number of piperidine rings is 1. The van der Waals surface area contributed by atoms with E-state index >= 15 is 0 Å². The van der Waals surface area contributed by atoms with E-state index in [1.807, 2.05) is 26.8 Å². The molecule has 2 heterocycles. The van der Waals surface area contributed by atoms with Gasteiger partial charge in [0.25, 0.3) is 0 Å². The van der Waals surface area contributed by atoms with Gasteiger partial charge in [0.05, 0.1) is 13.0 Å². The Bertz CT molecular complexity index is 623. The fourth-order valence-electron chi connectivity index (χ4n) is 3.46. The van der Waals surface area contributed by atoms with Crippen LogP contribution in [-0.2, 0) is 20.8 Å². The zero-order chi connectivity index (χ0) is 17.5. The average molecular weight is 332 g/mol. The molecule has 0 aromatic carbocycles. The number of nitrogens with zero attached hydrogens (tertiary/aromatic N) is 2. The molecule has 0 radical (unpaired) electrons. The summed E-state index contributed by atoms with van der Waals surface area (Å²) in [6.07, 6.45) is 1.72. The van der Waals surface area contributed by atoms with E-state index < -0.39 is 11.6 Å². The maximum absolute atomic E-state index is 12.0. The highest BCUT2D eigenvalue weighted by Gasteiger charge is 2.59. The molecule has 1 saturated carbocycles. The highest BCUT2D eigenvalue weighted by atomic mass is 16.6. The number of aromatic nitrogens is 1. The normalized spacial score (nSPS) is 25.9. The van der Waals surface area contributed by atoms with E-state index in [0.717, 1.165) is 25.2 Å². The summed E-state index contributed by atoms with van der Waals surface area (Å²) in [5.41, 5.74) is 0.853. The number of methoxy groups -OCH3 is 1. The average Bonchev–Trinajstić information content (AvgIpc) is 3.01. The minimum atomic E-state index is -0.524. The number of hydrogen-bond acceptors (Lipinski definition) is 6. The van der Waals surface area contributed by atoms with Gasteiger partial charge in [0.2, 0.25) is 0 Å². The third-order valence-corrected chi connectivity index (χ3v) is 4.58. The van der Waals surface area contributed by atoms with Gasteiger partial charge in [0, 0.05) is 25.8 Å². The van der Waals surface area contributed by atoms with Gasteiger partial charge in [-0.15, -0.1) is 0 Å². The summed E-state index contributed by atoms with van der Waals surface area (Å²) < 4.78 is 10.1. The molecule has 0 N–H and O–H groups in total. The molecule has 0 spiro atoms. The first-order valence-electron chi connectivity index (χ1n) is 8.27. The third kappa shape index (κ3) is 3.59. The number of carbonyl (C=O) groups is 2. The number of esters is 2. The molecule has 3 atom stereocenters. The van der Waals surface area contributed by atoms with Crippen molar-refractivity contribution >= 4 is 11.9 Å². The molecule has 1 aromatic heterocycles. The van der Waals surface area contributed by atoms with Crippen LogP contribution in [0.5, 0.6) is 0 Å². The second-order valence-corrected chi connectivity index (χ2v) is 7.62. The predicted octanol–water partition coefficient (Wildman–Crippen LogP) is 1.89. The summed E-state index contributed by atoms with van der Waals surface area (Å²) >= 11 is 0. The van der Waals surface area contributed by atoms with Crippen LogP contribution in [0.3, 0.4) is 0 Å². The van der Waals surface area contributed by atoms with E-state index in [1.54, 1.807) is 12.3 Å². The molecule has 1 aliphatic heterocycles. The van der Waals surface area contributed by atoms with Crippen LogP contribution in [0.4, 0.5) is 0 Å². The Balaban J connectivity index is 1.52. The van der Waals surface area contributed by atoms with Gasteiger partial charge in [-0.25, -0.2) is 9.78 Å². The molecule has 0 amide bonds. The molecule has 3 rings (SSSR count).